The predicted octanol–water partition coefficient (Wildman–Crippen LogP) is 6.22. The van der Waals surface area contributed by atoms with Gasteiger partial charge in [-0.25, -0.2) is 8.42 Å². The highest BCUT2D eigenvalue weighted by Crippen LogP contribution is 2.29. The Hall–Kier alpha value is -3.07. The molecule has 3 aromatic carbocycles. The van der Waals surface area contributed by atoms with E-state index in [-0.39, 0.29) is 23.8 Å². The Bertz CT molecular complexity index is 1420. The maximum absolute atomic E-state index is 14.1. The molecular weight excluding hydrogens is 569 g/mol. The van der Waals surface area contributed by atoms with Crippen molar-refractivity contribution >= 4 is 50.7 Å². The van der Waals surface area contributed by atoms with Crippen molar-refractivity contribution in [2.24, 2.45) is 0 Å². The maximum Gasteiger partial charge on any atom is 0.264 e. The first-order chi connectivity index (χ1) is 18.7. The van der Waals surface area contributed by atoms with Crippen LogP contribution in [0, 0.1) is 6.92 Å². The summed E-state index contributed by atoms with van der Waals surface area (Å²) in [5.74, 6) is -0.939. The monoisotopic (exact) mass is 603 g/mol. The molecule has 2 amide bonds. The molecule has 0 bridgehead atoms. The second-order valence-corrected chi connectivity index (χ2v) is 13.2. The molecular formula is C30H35Cl2N3O4S. The minimum Gasteiger partial charge on any atom is -0.350 e. The first-order valence-electron chi connectivity index (χ1n) is 12.9. The number of nitrogens with zero attached hydrogens (tertiary/aromatic N) is 2. The second-order valence-electron chi connectivity index (χ2n) is 10.5. The number of benzene rings is 3. The summed E-state index contributed by atoms with van der Waals surface area (Å²) in [7, 11) is -4.13. The van der Waals surface area contributed by atoms with Gasteiger partial charge >= 0.3 is 0 Å². The van der Waals surface area contributed by atoms with Crippen molar-refractivity contribution in [3.8, 4) is 0 Å². The normalized spacial score (nSPS) is 12.5. The van der Waals surface area contributed by atoms with Crippen molar-refractivity contribution in [3.63, 3.8) is 0 Å². The molecule has 0 aliphatic rings. The molecule has 0 unspecified atom stereocenters. The van der Waals surface area contributed by atoms with E-state index in [9.17, 15) is 18.0 Å². The Morgan fingerprint density at radius 2 is 1.48 bits per heavy atom. The molecule has 0 aliphatic heterocycles. The van der Waals surface area contributed by atoms with Crippen molar-refractivity contribution in [2.75, 3.05) is 10.8 Å². The first-order valence-corrected chi connectivity index (χ1v) is 15.1. The summed E-state index contributed by atoms with van der Waals surface area (Å²) in [5, 5.41) is 3.61. The highest BCUT2D eigenvalue weighted by atomic mass is 35.5. The molecule has 1 atom stereocenters. The second kappa shape index (κ2) is 13.1. The van der Waals surface area contributed by atoms with Crippen LogP contribution < -0.4 is 9.62 Å². The van der Waals surface area contributed by atoms with Gasteiger partial charge in [-0.2, -0.15) is 0 Å². The van der Waals surface area contributed by atoms with Gasteiger partial charge in [0, 0.05) is 27.7 Å². The largest absolute Gasteiger partial charge is 0.350 e. The van der Waals surface area contributed by atoms with E-state index in [1.54, 1.807) is 67.6 Å². The quantitative estimate of drug-likeness (QED) is 0.298. The van der Waals surface area contributed by atoms with E-state index in [2.05, 4.69) is 5.32 Å². The summed E-state index contributed by atoms with van der Waals surface area (Å²) in [6.07, 6.45) is 0.283. The molecule has 3 aromatic rings. The van der Waals surface area contributed by atoms with Crippen LogP contribution in [0.2, 0.25) is 10.0 Å². The van der Waals surface area contributed by atoms with Crippen LogP contribution in [0.5, 0.6) is 0 Å². The van der Waals surface area contributed by atoms with Gasteiger partial charge in [-0.05, 0) is 70.5 Å². The number of halogens is 2. The molecule has 214 valence electrons. The van der Waals surface area contributed by atoms with Gasteiger partial charge in [0.2, 0.25) is 11.8 Å². The lowest BCUT2D eigenvalue weighted by Crippen LogP contribution is -2.55. The number of aryl methyl sites for hydroxylation is 1. The number of carbonyl (C=O) groups excluding carboxylic acids is 2. The Balaban J connectivity index is 2.10. The molecule has 1 N–H and O–H groups in total. The molecule has 10 heteroatoms. The van der Waals surface area contributed by atoms with Crippen LogP contribution in [0.15, 0.2) is 77.7 Å². The van der Waals surface area contributed by atoms with E-state index in [0.717, 1.165) is 9.87 Å². The van der Waals surface area contributed by atoms with Gasteiger partial charge in [-0.1, -0.05) is 72.1 Å². The third kappa shape index (κ3) is 7.77. The number of amides is 2. The average Bonchev–Trinajstić information content (AvgIpc) is 2.88. The van der Waals surface area contributed by atoms with E-state index in [1.807, 2.05) is 27.7 Å². The molecule has 0 aliphatic carbocycles. The van der Waals surface area contributed by atoms with Crippen molar-refractivity contribution in [3.05, 3.63) is 94.0 Å². The van der Waals surface area contributed by atoms with Gasteiger partial charge in [0.1, 0.15) is 12.6 Å². The zero-order valence-corrected chi connectivity index (χ0v) is 25.6. The molecule has 0 spiro atoms. The standard InChI is InChI=1S/C30H35Cl2N3O4S/c1-6-27(29(37)33-30(3,4)5)34(19-24-25(31)13-10-14-26(24)32)28(36)20-35(22-17-15-21(2)16-18-22)40(38,39)23-11-8-7-9-12-23/h7-18,27H,6,19-20H2,1-5H3,(H,33,37)/t27-/m0/s1. The molecule has 0 saturated carbocycles. The van der Waals surface area contributed by atoms with Crippen LogP contribution in [0.3, 0.4) is 0 Å². The zero-order chi connectivity index (χ0) is 29.7. The number of anilines is 1. The van der Waals surface area contributed by atoms with Crippen molar-refractivity contribution in [2.45, 2.75) is 64.1 Å². The summed E-state index contributed by atoms with van der Waals surface area (Å²) in [5.41, 5.74) is 1.18. The summed E-state index contributed by atoms with van der Waals surface area (Å²) in [6, 6.07) is 18.9. The van der Waals surface area contributed by atoms with Crippen molar-refractivity contribution in [1.82, 2.24) is 10.2 Å². The summed E-state index contributed by atoms with van der Waals surface area (Å²) >= 11 is 12.9. The lowest BCUT2D eigenvalue weighted by Gasteiger charge is -2.35. The number of carbonyl (C=O) groups is 2. The highest BCUT2D eigenvalue weighted by molar-refractivity contribution is 7.92. The van der Waals surface area contributed by atoms with E-state index < -0.39 is 34.1 Å². The van der Waals surface area contributed by atoms with Gasteiger partial charge in [0.15, 0.2) is 0 Å². The Morgan fingerprint density at radius 3 is 2.00 bits per heavy atom. The van der Waals surface area contributed by atoms with E-state index in [1.165, 1.54) is 17.0 Å². The molecule has 0 fully saturated rings. The molecule has 0 aromatic heterocycles. The van der Waals surface area contributed by atoms with Gasteiger partial charge in [0.25, 0.3) is 10.0 Å². The minimum atomic E-state index is -4.13. The van der Waals surface area contributed by atoms with E-state index in [0.29, 0.717) is 21.3 Å². The minimum absolute atomic E-state index is 0.0431. The molecule has 3 rings (SSSR count). The fourth-order valence-electron chi connectivity index (χ4n) is 4.19. The number of rotatable bonds is 10. The Labute approximate surface area is 247 Å². The highest BCUT2D eigenvalue weighted by Gasteiger charge is 2.35. The number of sulfonamides is 1. The van der Waals surface area contributed by atoms with E-state index in [4.69, 9.17) is 23.2 Å². The molecule has 0 saturated heterocycles. The molecule has 7 nitrogen and oxygen atoms in total. The number of hydrogen-bond acceptors (Lipinski definition) is 4. The smallest absolute Gasteiger partial charge is 0.264 e. The summed E-state index contributed by atoms with van der Waals surface area (Å²) < 4.78 is 28.7. The van der Waals surface area contributed by atoms with Gasteiger partial charge < -0.3 is 10.2 Å². The SMILES string of the molecule is CC[C@@H](C(=O)NC(C)(C)C)N(Cc1c(Cl)cccc1Cl)C(=O)CN(c1ccc(C)cc1)S(=O)(=O)c1ccccc1. The topological polar surface area (TPSA) is 86.8 Å². The van der Waals surface area contributed by atoms with Gasteiger partial charge in [0.05, 0.1) is 10.6 Å². The molecule has 40 heavy (non-hydrogen) atoms. The maximum atomic E-state index is 14.1. The van der Waals surface area contributed by atoms with Crippen LogP contribution >= 0.6 is 23.2 Å². The third-order valence-electron chi connectivity index (χ3n) is 6.21. The number of nitrogens with one attached hydrogen (secondary N) is 1. The van der Waals surface area contributed by atoms with Crippen LogP contribution in [-0.4, -0.2) is 43.3 Å². The molecule has 0 radical (unpaired) electrons. The van der Waals surface area contributed by atoms with E-state index >= 15 is 0 Å². The Morgan fingerprint density at radius 1 is 0.900 bits per heavy atom. The summed E-state index contributed by atoms with van der Waals surface area (Å²) in [4.78, 5) is 28.9. The van der Waals surface area contributed by atoms with Crippen molar-refractivity contribution < 1.29 is 18.0 Å². The number of hydrogen-bond donors (Lipinski definition) is 1. The zero-order valence-electron chi connectivity index (χ0n) is 23.3. The summed E-state index contributed by atoms with van der Waals surface area (Å²) in [6.45, 7) is 8.60. The fourth-order valence-corrected chi connectivity index (χ4v) is 6.14. The predicted molar refractivity (Wildman–Crippen MR) is 161 cm³/mol. The van der Waals surface area contributed by atoms with Crippen molar-refractivity contribution in [1.29, 1.82) is 0 Å². The van der Waals surface area contributed by atoms with Crippen LogP contribution in [0.25, 0.3) is 0 Å². The van der Waals surface area contributed by atoms with Crippen LogP contribution in [0.1, 0.15) is 45.2 Å². The van der Waals surface area contributed by atoms with Crippen LogP contribution in [-0.2, 0) is 26.2 Å². The van der Waals surface area contributed by atoms with Gasteiger partial charge in [-0.15, -0.1) is 0 Å². The average molecular weight is 605 g/mol. The lowest BCUT2D eigenvalue weighted by molar-refractivity contribution is -0.141. The van der Waals surface area contributed by atoms with Gasteiger partial charge in [-0.3, -0.25) is 13.9 Å². The third-order valence-corrected chi connectivity index (χ3v) is 8.70. The first kappa shape index (κ1) is 31.5. The fraction of sp³-hybridized carbons (Fsp3) is 0.333. The lowest BCUT2D eigenvalue weighted by atomic mass is 10.1. The molecule has 0 heterocycles. The Kier molecular flexibility index (Phi) is 10.3. The van der Waals surface area contributed by atoms with Crippen LogP contribution in [0.4, 0.5) is 5.69 Å².